The fourth-order valence-corrected chi connectivity index (χ4v) is 5.15. The lowest BCUT2D eigenvalue weighted by Crippen LogP contribution is -2.38. The normalized spacial score (nSPS) is 15.6. The van der Waals surface area contributed by atoms with E-state index in [1.165, 1.54) is 31.0 Å². The number of hydrogen-bond donors (Lipinski definition) is 1. The molecule has 184 valence electrons. The van der Waals surface area contributed by atoms with Crippen molar-refractivity contribution in [1.29, 1.82) is 0 Å². The van der Waals surface area contributed by atoms with Gasteiger partial charge in [-0.05, 0) is 43.9 Å². The predicted octanol–water partition coefficient (Wildman–Crippen LogP) is 6.34. The zero-order valence-electron chi connectivity index (χ0n) is 20.4. The molecule has 3 heterocycles. The van der Waals surface area contributed by atoms with Gasteiger partial charge in [-0.15, -0.1) is 0 Å². The van der Waals surface area contributed by atoms with Crippen molar-refractivity contribution in [1.82, 2.24) is 15.3 Å². The fraction of sp³-hybridized carbons (Fsp3) is 0.276. The number of hydrogen-bond acceptors (Lipinski definition) is 6. The number of thioether (sulfide) groups is 1. The van der Waals surface area contributed by atoms with Crippen LogP contribution < -0.4 is 10.2 Å². The van der Waals surface area contributed by atoms with E-state index in [1.807, 2.05) is 54.6 Å². The lowest BCUT2D eigenvalue weighted by molar-refractivity contribution is 0.0921. The highest BCUT2D eigenvalue weighted by Gasteiger charge is 2.21. The predicted molar refractivity (Wildman–Crippen MR) is 144 cm³/mol. The van der Waals surface area contributed by atoms with E-state index in [2.05, 4.69) is 35.3 Å². The Hall–Kier alpha value is -3.58. The molecule has 0 saturated carbocycles. The second-order valence-corrected chi connectivity index (χ2v) is 9.96. The quantitative estimate of drug-likeness (QED) is 0.226. The van der Waals surface area contributed by atoms with Gasteiger partial charge in [-0.1, -0.05) is 72.4 Å². The van der Waals surface area contributed by atoms with Crippen LogP contribution >= 0.6 is 11.8 Å². The van der Waals surface area contributed by atoms with Crippen LogP contribution in [0.3, 0.4) is 0 Å². The van der Waals surface area contributed by atoms with Crippen LogP contribution in [0.2, 0.25) is 0 Å². The number of rotatable bonds is 8. The summed E-state index contributed by atoms with van der Waals surface area (Å²) in [6.07, 6.45) is 3.61. The van der Waals surface area contributed by atoms with Gasteiger partial charge in [0.25, 0.3) is 5.91 Å². The largest absolute Gasteiger partial charge is 0.455 e. The van der Waals surface area contributed by atoms with Crippen LogP contribution in [-0.2, 0) is 12.3 Å². The molecule has 4 aromatic rings. The van der Waals surface area contributed by atoms with E-state index in [1.54, 1.807) is 6.07 Å². The van der Waals surface area contributed by atoms with Gasteiger partial charge in [0, 0.05) is 30.8 Å². The lowest BCUT2D eigenvalue weighted by atomic mass is 10.0. The van der Waals surface area contributed by atoms with E-state index in [0.29, 0.717) is 35.0 Å². The molecule has 0 spiro atoms. The third-order valence-corrected chi connectivity index (χ3v) is 7.25. The van der Waals surface area contributed by atoms with Crippen LogP contribution in [0.1, 0.15) is 48.1 Å². The Kier molecular flexibility index (Phi) is 7.67. The standard InChI is InChI=1S/C29H30N4O2S/c1-21-10-8-9-17-33(21)27-18-25(23-13-6-3-7-14-23)31-29(32-27)36-20-24-15-16-26(35-24)28(34)30-19-22-11-4-2-5-12-22/h2-7,11-16,18,21H,8-10,17,19-20H2,1H3,(H,30,34). The molecule has 2 aromatic carbocycles. The Labute approximate surface area is 216 Å². The molecule has 0 bridgehead atoms. The number of carbonyl (C=O) groups excluding carboxylic acids is 1. The van der Waals surface area contributed by atoms with Crippen molar-refractivity contribution in [2.45, 2.75) is 49.7 Å². The second kappa shape index (κ2) is 11.4. The van der Waals surface area contributed by atoms with Gasteiger partial charge in [-0.25, -0.2) is 9.97 Å². The van der Waals surface area contributed by atoms with Crippen LogP contribution in [-0.4, -0.2) is 28.5 Å². The molecule has 36 heavy (non-hydrogen) atoms. The number of nitrogens with zero attached hydrogens (tertiary/aromatic N) is 3. The van der Waals surface area contributed by atoms with Gasteiger partial charge < -0.3 is 14.6 Å². The maximum Gasteiger partial charge on any atom is 0.287 e. The highest BCUT2D eigenvalue weighted by Crippen LogP contribution is 2.30. The first-order chi connectivity index (χ1) is 17.7. The Morgan fingerprint density at radius 1 is 1.03 bits per heavy atom. The van der Waals surface area contributed by atoms with Crippen LogP contribution in [0.15, 0.2) is 88.4 Å². The maximum atomic E-state index is 12.5. The summed E-state index contributed by atoms with van der Waals surface area (Å²) in [5.74, 6) is 2.31. The fourth-order valence-electron chi connectivity index (χ4n) is 4.40. The van der Waals surface area contributed by atoms with E-state index in [9.17, 15) is 4.79 Å². The van der Waals surface area contributed by atoms with Gasteiger partial charge in [-0.3, -0.25) is 4.79 Å². The van der Waals surface area contributed by atoms with Gasteiger partial charge in [0.15, 0.2) is 10.9 Å². The Balaban J connectivity index is 1.29. The molecule has 1 atom stereocenters. The number of benzene rings is 2. The van der Waals surface area contributed by atoms with E-state index in [-0.39, 0.29) is 5.91 Å². The summed E-state index contributed by atoms with van der Waals surface area (Å²) in [5, 5.41) is 3.61. The highest BCUT2D eigenvalue weighted by molar-refractivity contribution is 7.98. The first-order valence-corrected chi connectivity index (χ1v) is 13.4. The van der Waals surface area contributed by atoms with Crippen molar-refractivity contribution < 1.29 is 9.21 Å². The minimum Gasteiger partial charge on any atom is -0.455 e. The average Bonchev–Trinajstić information content (AvgIpc) is 3.41. The van der Waals surface area contributed by atoms with Crippen molar-refractivity contribution in [3.8, 4) is 11.3 Å². The maximum absolute atomic E-state index is 12.5. The first kappa shape index (κ1) is 24.1. The molecule has 1 fully saturated rings. The topological polar surface area (TPSA) is 71.3 Å². The van der Waals surface area contributed by atoms with Crippen molar-refractivity contribution in [3.63, 3.8) is 0 Å². The highest BCUT2D eigenvalue weighted by atomic mass is 32.2. The molecule has 1 unspecified atom stereocenters. The molecular weight excluding hydrogens is 468 g/mol. The summed E-state index contributed by atoms with van der Waals surface area (Å²) in [4.78, 5) is 24.7. The molecular formula is C29H30N4O2S. The average molecular weight is 499 g/mol. The lowest BCUT2D eigenvalue weighted by Gasteiger charge is -2.34. The summed E-state index contributed by atoms with van der Waals surface area (Å²) >= 11 is 1.52. The summed E-state index contributed by atoms with van der Waals surface area (Å²) in [6, 6.07) is 26.2. The molecule has 7 heteroatoms. The molecule has 5 rings (SSSR count). The SMILES string of the molecule is CC1CCCCN1c1cc(-c2ccccc2)nc(SCc2ccc(C(=O)NCc3ccccc3)o2)n1. The minimum atomic E-state index is -0.223. The molecule has 2 aromatic heterocycles. The van der Waals surface area contributed by atoms with Crippen molar-refractivity contribution >= 4 is 23.5 Å². The number of carbonyl (C=O) groups is 1. The van der Waals surface area contributed by atoms with E-state index in [0.717, 1.165) is 29.2 Å². The van der Waals surface area contributed by atoms with Crippen LogP contribution in [0.5, 0.6) is 0 Å². The van der Waals surface area contributed by atoms with Gasteiger partial charge >= 0.3 is 0 Å². The zero-order chi connectivity index (χ0) is 24.7. The molecule has 1 N–H and O–H groups in total. The van der Waals surface area contributed by atoms with Gasteiger partial charge in [0.2, 0.25) is 0 Å². The number of aromatic nitrogens is 2. The zero-order valence-corrected chi connectivity index (χ0v) is 21.2. The number of piperidine rings is 1. The Bertz CT molecular complexity index is 1290. The summed E-state index contributed by atoms with van der Waals surface area (Å²) in [7, 11) is 0. The van der Waals surface area contributed by atoms with Crippen molar-refractivity contribution in [2.24, 2.45) is 0 Å². The van der Waals surface area contributed by atoms with Gasteiger partial charge in [0.05, 0.1) is 11.4 Å². The summed E-state index contributed by atoms with van der Waals surface area (Å²) in [6.45, 7) is 3.74. The number of amides is 1. The summed E-state index contributed by atoms with van der Waals surface area (Å²) < 4.78 is 5.84. The molecule has 1 amide bonds. The molecule has 0 radical (unpaired) electrons. The van der Waals surface area contributed by atoms with Gasteiger partial charge in [-0.2, -0.15) is 0 Å². The van der Waals surface area contributed by atoms with Crippen LogP contribution in [0.25, 0.3) is 11.3 Å². The molecule has 1 aliphatic heterocycles. The van der Waals surface area contributed by atoms with Crippen LogP contribution in [0.4, 0.5) is 5.82 Å². The van der Waals surface area contributed by atoms with E-state index in [4.69, 9.17) is 14.4 Å². The number of nitrogens with one attached hydrogen (secondary N) is 1. The monoisotopic (exact) mass is 498 g/mol. The van der Waals surface area contributed by atoms with Crippen molar-refractivity contribution in [2.75, 3.05) is 11.4 Å². The molecule has 1 aliphatic rings. The van der Waals surface area contributed by atoms with Crippen molar-refractivity contribution in [3.05, 3.63) is 95.9 Å². The first-order valence-electron chi connectivity index (χ1n) is 12.4. The summed E-state index contributed by atoms with van der Waals surface area (Å²) in [5.41, 5.74) is 3.03. The van der Waals surface area contributed by atoms with E-state index >= 15 is 0 Å². The second-order valence-electron chi connectivity index (χ2n) is 9.02. The minimum absolute atomic E-state index is 0.223. The van der Waals surface area contributed by atoms with Gasteiger partial charge in [0.1, 0.15) is 11.6 Å². The number of furan rings is 1. The third-order valence-electron chi connectivity index (χ3n) is 6.38. The Morgan fingerprint density at radius 3 is 2.58 bits per heavy atom. The number of anilines is 1. The molecule has 6 nitrogen and oxygen atoms in total. The smallest absolute Gasteiger partial charge is 0.287 e. The Morgan fingerprint density at radius 2 is 1.81 bits per heavy atom. The third kappa shape index (κ3) is 5.97. The molecule has 1 saturated heterocycles. The van der Waals surface area contributed by atoms with E-state index < -0.39 is 0 Å². The molecule has 0 aliphatic carbocycles. The van der Waals surface area contributed by atoms with Crippen LogP contribution in [0, 0.1) is 0 Å².